The minimum atomic E-state index is -2.68. The molecule has 1 N–H and O–H groups in total. The Labute approximate surface area is 178 Å². The molecule has 7 heteroatoms. The van der Waals surface area contributed by atoms with Crippen molar-refractivity contribution < 1.29 is 22.7 Å². The Kier molecular flexibility index (Phi) is 4.79. The van der Waals surface area contributed by atoms with Gasteiger partial charge in [0.05, 0.1) is 12.2 Å². The second-order valence-electron chi connectivity index (χ2n) is 8.90. The van der Waals surface area contributed by atoms with E-state index in [0.717, 1.165) is 11.1 Å². The first-order chi connectivity index (χ1) is 14.8. The van der Waals surface area contributed by atoms with Crippen molar-refractivity contribution in [1.29, 1.82) is 0 Å². The summed E-state index contributed by atoms with van der Waals surface area (Å²) in [4.78, 5) is 16.2. The maximum atomic E-state index is 14.2. The van der Waals surface area contributed by atoms with E-state index in [9.17, 15) is 18.0 Å². The molecule has 31 heavy (non-hydrogen) atoms. The molecule has 3 fully saturated rings. The number of hydrogen-bond donors (Lipinski definition) is 1. The average molecular weight is 428 g/mol. The summed E-state index contributed by atoms with van der Waals surface area (Å²) in [6.07, 6.45) is 5.63. The number of aromatic nitrogens is 1. The third kappa shape index (κ3) is 3.82. The molecule has 1 aliphatic heterocycles. The Balaban J connectivity index is 1.40. The molecule has 4 nitrogen and oxygen atoms in total. The highest BCUT2D eigenvalue weighted by Crippen LogP contribution is 2.57. The van der Waals surface area contributed by atoms with Crippen LogP contribution in [0.25, 0.3) is 17.2 Å². The Hall–Kier alpha value is -2.83. The summed E-state index contributed by atoms with van der Waals surface area (Å²) >= 11 is 0. The average Bonchev–Trinajstić information content (AvgIpc) is 3.25. The van der Waals surface area contributed by atoms with Gasteiger partial charge in [-0.2, -0.15) is 0 Å². The third-order valence-corrected chi connectivity index (χ3v) is 6.94. The quantitative estimate of drug-likeness (QED) is 0.707. The molecule has 1 aromatic heterocycles. The van der Waals surface area contributed by atoms with E-state index in [0.29, 0.717) is 25.1 Å². The number of ether oxygens (including phenoxy) is 1. The lowest BCUT2D eigenvalue weighted by Crippen LogP contribution is -2.39. The molecule has 4 atom stereocenters. The van der Waals surface area contributed by atoms with Crippen LogP contribution in [-0.2, 0) is 4.74 Å². The van der Waals surface area contributed by atoms with Crippen LogP contribution in [0.3, 0.4) is 0 Å². The number of amides is 1. The van der Waals surface area contributed by atoms with E-state index in [4.69, 9.17) is 4.74 Å². The number of carbonyl (C=O) groups is 1. The van der Waals surface area contributed by atoms with Crippen molar-refractivity contribution in [3.05, 3.63) is 60.2 Å². The predicted octanol–water partition coefficient (Wildman–Crippen LogP) is 5.45. The molecule has 5 rings (SSSR count). The van der Waals surface area contributed by atoms with Gasteiger partial charge in [-0.25, -0.2) is 18.0 Å². The summed E-state index contributed by atoms with van der Waals surface area (Å²) in [5.41, 5.74) is 1.41. The summed E-state index contributed by atoms with van der Waals surface area (Å²) in [5, 5.41) is 2.71. The molecule has 1 unspecified atom stereocenters. The highest BCUT2D eigenvalue weighted by molar-refractivity contribution is 5.70. The van der Waals surface area contributed by atoms with Gasteiger partial charge in [0.25, 0.3) is 0 Å². The van der Waals surface area contributed by atoms with Crippen molar-refractivity contribution in [1.82, 2.24) is 10.3 Å². The molecule has 2 heterocycles. The summed E-state index contributed by atoms with van der Waals surface area (Å²) in [7, 11) is 0. The van der Waals surface area contributed by atoms with Gasteiger partial charge in [-0.15, -0.1) is 0 Å². The fraction of sp³-hybridized carbons (Fsp3) is 0.417. The Morgan fingerprint density at radius 3 is 2.74 bits per heavy atom. The van der Waals surface area contributed by atoms with Gasteiger partial charge in [0, 0.05) is 30.5 Å². The van der Waals surface area contributed by atoms with Gasteiger partial charge in [0.2, 0.25) is 5.92 Å². The number of rotatable bonds is 3. The van der Waals surface area contributed by atoms with E-state index in [2.05, 4.69) is 10.3 Å². The number of fused-ring (bicyclic) bond motifs is 1. The first kappa shape index (κ1) is 20.1. The number of carbonyl (C=O) groups excluding carboxylic acids is 1. The molecule has 2 aromatic rings. The third-order valence-electron chi connectivity index (χ3n) is 6.94. The van der Waals surface area contributed by atoms with E-state index < -0.39 is 17.6 Å². The molecular weight excluding hydrogens is 405 g/mol. The Bertz CT molecular complexity index is 1020. The number of nitrogens with zero attached hydrogens (tertiary/aromatic N) is 1. The zero-order chi connectivity index (χ0) is 21.6. The van der Waals surface area contributed by atoms with E-state index in [1.54, 1.807) is 12.3 Å². The first-order valence-electron chi connectivity index (χ1n) is 10.6. The topological polar surface area (TPSA) is 51.2 Å². The number of alkyl halides is 2. The van der Waals surface area contributed by atoms with Crippen LogP contribution in [0.5, 0.6) is 0 Å². The van der Waals surface area contributed by atoms with Gasteiger partial charge >= 0.3 is 6.09 Å². The fourth-order valence-electron chi connectivity index (χ4n) is 5.51. The molecule has 162 valence electrons. The molecule has 3 aliphatic rings. The largest absolute Gasteiger partial charge is 0.440 e. The summed E-state index contributed by atoms with van der Waals surface area (Å²) in [6.45, 7) is 0.339. The molecule has 0 bridgehead atoms. The van der Waals surface area contributed by atoms with Gasteiger partial charge in [-0.1, -0.05) is 24.3 Å². The first-order valence-corrected chi connectivity index (χ1v) is 10.6. The van der Waals surface area contributed by atoms with Gasteiger partial charge in [0.15, 0.2) is 0 Å². The zero-order valence-corrected chi connectivity index (χ0v) is 16.9. The molecule has 1 spiro atoms. The molecule has 1 aromatic carbocycles. The lowest BCUT2D eigenvalue weighted by Gasteiger charge is -2.34. The molecule has 2 aliphatic carbocycles. The van der Waals surface area contributed by atoms with Crippen LogP contribution in [0.4, 0.5) is 18.0 Å². The van der Waals surface area contributed by atoms with E-state index in [1.807, 2.05) is 30.4 Å². The minimum Gasteiger partial charge on any atom is -0.440 e. The van der Waals surface area contributed by atoms with Crippen LogP contribution >= 0.6 is 0 Å². The predicted molar refractivity (Wildman–Crippen MR) is 110 cm³/mol. The number of nitrogens with one attached hydrogen (secondary N) is 1. The Morgan fingerprint density at radius 1 is 1.16 bits per heavy atom. The van der Waals surface area contributed by atoms with Crippen LogP contribution in [0.15, 0.2) is 48.7 Å². The highest BCUT2D eigenvalue weighted by Gasteiger charge is 2.60. The standard InChI is InChI=1S/C24H23F3N2O2/c25-18-3-1-2-15(10-18)17-4-5-19(28-13-17)6-7-21-20-12-24(26,27)9-8-16(20)11-23(21)14-29-22(30)31-23/h1-7,10,13,16,20-21H,8-9,11-12,14H2,(H,29,30)/t16-,20-,21+,23?/m1/s1. The SMILES string of the molecule is O=C1NCC2(C[C@H]3CCC(F)(F)C[C@H]3[C@@H]2C=Cc2ccc(-c3cccc(F)c3)cn2)O1. The number of pyridine rings is 1. The summed E-state index contributed by atoms with van der Waals surface area (Å²) in [5.74, 6) is -3.41. The normalized spacial score (nSPS) is 31.6. The summed E-state index contributed by atoms with van der Waals surface area (Å²) < 4.78 is 47.5. The van der Waals surface area contributed by atoms with Crippen LogP contribution in [0, 0.1) is 23.6 Å². The number of alkyl carbamates (subject to hydrolysis) is 1. The van der Waals surface area contributed by atoms with Gasteiger partial charge in [-0.3, -0.25) is 4.98 Å². The van der Waals surface area contributed by atoms with Crippen molar-refractivity contribution in [3.8, 4) is 11.1 Å². The van der Waals surface area contributed by atoms with E-state index in [-0.39, 0.29) is 36.4 Å². The smallest absolute Gasteiger partial charge is 0.407 e. The zero-order valence-electron chi connectivity index (χ0n) is 16.9. The van der Waals surface area contributed by atoms with Crippen molar-refractivity contribution in [3.63, 3.8) is 0 Å². The second-order valence-corrected chi connectivity index (χ2v) is 8.90. The van der Waals surface area contributed by atoms with Crippen LogP contribution < -0.4 is 5.32 Å². The minimum absolute atomic E-state index is 0.106. The number of halogens is 3. The van der Waals surface area contributed by atoms with Crippen molar-refractivity contribution >= 4 is 12.2 Å². The lowest BCUT2D eigenvalue weighted by molar-refractivity contribution is -0.0695. The van der Waals surface area contributed by atoms with Crippen molar-refractivity contribution in [2.75, 3.05) is 6.54 Å². The molecule has 0 radical (unpaired) electrons. The number of benzene rings is 1. The molecule has 2 saturated carbocycles. The van der Waals surface area contributed by atoms with Crippen LogP contribution in [0.1, 0.15) is 31.4 Å². The van der Waals surface area contributed by atoms with Gasteiger partial charge < -0.3 is 10.1 Å². The molecule has 1 amide bonds. The van der Waals surface area contributed by atoms with Crippen molar-refractivity contribution in [2.24, 2.45) is 17.8 Å². The second kappa shape index (κ2) is 7.39. The van der Waals surface area contributed by atoms with E-state index in [1.165, 1.54) is 12.1 Å². The van der Waals surface area contributed by atoms with Crippen LogP contribution in [0.2, 0.25) is 0 Å². The van der Waals surface area contributed by atoms with Crippen molar-refractivity contribution in [2.45, 2.75) is 37.2 Å². The number of hydrogen-bond acceptors (Lipinski definition) is 3. The monoisotopic (exact) mass is 428 g/mol. The van der Waals surface area contributed by atoms with Gasteiger partial charge in [0.1, 0.15) is 11.4 Å². The fourth-order valence-corrected chi connectivity index (χ4v) is 5.51. The van der Waals surface area contributed by atoms with Crippen LogP contribution in [-0.4, -0.2) is 29.1 Å². The maximum absolute atomic E-state index is 14.2. The molecule has 1 saturated heterocycles. The maximum Gasteiger partial charge on any atom is 0.407 e. The lowest BCUT2D eigenvalue weighted by atomic mass is 9.75. The highest BCUT2D eigenvalue weighted by atomic mass is 19.3. The van der Waals surface area contributed by atoms with Gasteiger partial charge in [-0.05, 0) is 54.5 Å². The van der Waals surface area contributed by atoms with E-state index >= 15 is 0 Å². The summed E-state index contributed by atoms with van der Waals surface area (Å²) in [6, 6.07) is 9.94. The Morgan fingerprint density at radius 2 is 2.03 bits per heavy atom. The molecular formula is C24H23F3N2O2.